The second-order valence-electron chi connectivity index (χ2n) is 5.89. The Morgan fingerprint density at radius 1 is 1.12 bits per heavy atom. The lowest BCUT2D eigenvalue weighted by atomic mass is 10.1. The van der Waals surface area contributed by atoms with Crippen LogP contribution in [0.1, 0.15) is 18.5 Å². The van der Waals surface area contributed by atoms with E-state index >= 15 is 0 Å². The zero-order valence-electron chi connectivity index (χ0n) is 14.3. The highest BCUT2D eigenvalue weighted by atomic mass is 35.5. The molecule has 0 spiro atoms. The molecule has 1 aromatic heterocycles. The Bertz CT molecular complexity index is 772. The molecule has 6 heteroatoms. The van der Waals surface area contributed by atoms with Gasteiger partial charge in [-0.1, -0.05) is 23.7 Å². The summed E-state index contributed by atoms with van der Waals surface area (Å²) in [5, 5.41) is 4.86. The molecular weight excluding hydrogens is 336 g/mol. The molecule has 1 heterocycles. The molecule has 0 aliphatic carbocycles. The number of aromatic nitrogens is 3. The number of rotatable bonds is 7. The molecular formula is C19H21ClN4O. The maximum atomic E-state index is 5.88. The van der Waals surface area contributed by atoms with Gasteiger partial charge in [-0.25, -0.2) is 9.67 Å². The van der Waals surface area contributed by atoms with Crippen LogP contribution in [0.2, 0.25) is 5.02 Å². The van der Waals surface area contributed by atoms with E-state index in [0.717, 1.165) is 18.0 Å². The predicted octanol–water partition coefficient (Wildman–Crippen LogP) is 3.99. The van der Waals surface area contributed by atoms with E-state index in [2.05, 4.69) is 53.2 Å². The maximum absolute atomic E-state index is 5.88. The third-order valence-electron chi connectivity index (χ3n) is 4.25. The summed E-state index contributed by atoms with van der Waals surface area (Å²) in [6, 6.07) is 16.1. The summed E-state index contributed by atoms with van der Waals surface area (Å²) in [7, 11) is 2.10. The summed E-state index contributed by atoms with van der Waals surface area (Å²) in [6.07, 6.45) is 3.23. The van der Waals surface area contributed by atoms with Gasteiger partial charge in [0.2, 0.25) is 0 Å². The molecule has 3 aromatic rings. The minimum atomic E-state index is 0.290. The first kappa shape index (κ1) is 17.5. The van der Waals surface area contributed by atoms with Crippen LogP contribution in [0.4, 0.5) is 0 Å². The van der Waals surface area contributed by atoms with Crippen molar-refractivity contribution in [1.82, 2.24) is 19.7 Å². The first-order chi connectivity index (χ1) is 12.1. The summed E-state index contributed by atoms with van der Waals surface area (Å²) in [5.74, 6) is 0.836. The minimum Gasteiger partial charge on any atom is -0.492 e. The van der Waals surface area contributed by atoms with E-state index in [1.54, 1.807) is 11.0 Å². The summed E-state index contributed by atoms with van der Waals surface area (Å²) in [6.45, 7) is 3.64. The van der Waals surface area contributed by atoms with E-state index in [0.29, 0.717) is 17.7 Å². The highest BCUT2D eigenvalue weighted by Gasteiger charge is 2.12. The van der Waals surface area contributed by atoms with E-state index in [-0.39, 0.29) is 0 Å². The largest absolute Gasteiger partial charge is 0.492 e. The number of benzene rings is 2. The van der Waals surface area contributed by atoms with Gasteiger partial charge in [-0.15, -0.1) is 0 Å². The average Bonchev–Trinajstić information content (AvgIpc) is 3.17. The first-order valence-corrected chi connectivity index (χ1v) is 8.55. The molecule has 0 saturated carbocycles. The van der Waals surface area contributed by atoms with Crippen molar-refractivity contribution < 1.29 is 4.74 Å². The van der Waals surface area contributed by atoms with Crippen molar-refractivity contribution in [3.8, 4) is 11.4 Å². The fourth-order valence-corrected chi connectivity index (χ4v) is 2.66. The smallest absolute Gasteiger partial charge is 0.138 e. The van der Waals surface area contributed by atoms with E-state index in [9.17, 15) is 0 Å². The third kappa shape index (κ3) is 4.59. The van der Waals surface area contributed by atoms with Crippen molar-refractivity contribution >= 4 is 11.6 Å². The molecule has 2 aromatic carbocycles. The molecule has 0 N–H and O–H groups in total. The zero-order chi connectivity index (χ0) is 17.6. The van der Waals surface area contributed by atoms with Crippen molar-refractivity contribution in [3.05, 3.63) is 71.8 Å². The molecule has 0 amide bonds. The zero-order valence-corrected chi connectivity index (χ0v) is 15.1. The molecule has 25 heavy (non-hydrogen) atoms. The van der Waals surface area contributed by atoms with Crippen LogP contribution in [0.5, 0.6) is 5.75 Å². The van der Waals surface area contributed by atoms with Crippen LogP contribution < -0.4 is 4.74 Å². The van der Waals surface area contributed by atoms with Crippen LogP contribution in [0, 0.1) is 0 Å². The molecule has 1 atom stereocenters. The van der Waals surface area contributed by atoms with E-state index < -0.39 is 0 Å². The van der Waals surface area contributed by atoms with Gasteiger partial charge in [0.15, 0.2) is 0 Å². The Morgan fingerprint density at radius 3 is 2.48 bits per heavy atom. The van der Waals surface area contributed by atoms with Gasteiger partial charge in [0, 0.05) is 17.6 Å². The molecule has 5 nitrogen and oxygen atoms in total. The van der Waals surface area contributed by atoms with E-state index in [1.165, 1.54) is 11.9 Å². The number of halogens is 1. The second-order valence-corrected chi connectivity index (χ2v) is 6.33. The Balaban J connectivity index is 1.53. The lowest BCUT2D eigenvalue weighted by molar-refractivity contribution is 0.201. The van der Waals surface area contributed by atoms with Gasteiger partial charge in [-0.05, 0) is 55.9 Å². The van der Waals surface area contributed by atoms with Gasteiger partial charge in [0.05, 0.1) is 5.69 Å². The predicted molar refractivity (Wildman–Crippen MR) is 99.4 cm³/mol. The quantitative estimate of drug-likeness (QED) is 0.642. The first-order valence-electron chi connectivity index (χ1n) is 8.17. The van der Waals surface area contributed by atoms with Crippen molar-refractivity contribution in [2.24, 2.45) is 0 Å². The fraction of sp³-hybridized carbons (Fsp3) is 0.263. The number of nitrogens with zero attached hydrogens (tertiary/aromatic N) is 4. The van der Waals surface area contributed by atoms with Gasteiger partial charge in [-0.2, -0.15) is 5.10 Å². The molecule has 0 saturated heterocycles. The SMILES string of the molecule is CC(c1ccc(-n2cncn2)cc1)N(C)CCOc1ccc(Cl)cc1. The van der Waals surface area contributed by atoms with Crippen LogP contribution in [0.25, 0.3) is 5.69 Å². The molecule has 0 aliphatic rings. The highest BCUT2D eigenvalue weighted by Crippen LogP contribution is 2.20. The molecule has 0 radical (unpaired) electrons. The van der Waals surface area contributed by atoms with Crippen LogP contribution in [-0.2, 0) is 0 Å². The van der Waals surface area contributed by atoms with Crippen molar-refractivity contribution in [2.45, 2.75) is 13.0 Å². The number of hydrogen-bond donors (Lipinski definition) is 0. The van der Waals surface area contributed by atoms with Gasteiger partial charge in [0.1, 0.15) is 25.0 Å². The van der Waals surface area contributed by atoms with Crippen LogP contribution >= 0.6 is 11.6 Å². The van der Waals surface area contributed by atoms with Crippen LogP contribution in [0.3, 0.4) is 0 Å². The normalized spacial score (nSPS) is 12.3. The van der Waals surface area contributed by atoms with Gasteiger partial charge in [-0.3, -0.25) is 4.90 Å². The van der Waals surface area contributed by atoms with Gasteiger partial charge in [0.25, 0.3) is 0 Å². The Kier molecular flexibility index (Phi) is 5.68. The topological polar surface area (TPSA) is 43.2 Å². The molecule has 0 bridgehead atoms. The summed E-state index contributed by atoms with van der Waals surface area (Å²) in [4.78, 5) is 6.23. The maximum Gasteiger partial charge on any atom is 0.138 e. The highest BCUT2D eigenvalue weighted by molar-refractivity contribution is 6.30. The standard InChI is InChI=1S/C19H21ClN4O/c1-15(16-3-7-18(8-4-16)24-14-21-13-22-24)23(2)11-12-25-19-9-5-17(20)6-10-19/h3-10,13-15H,11-12H2,1-2H3. The van der Waals surface area contributed by atoms with Gasteiger partial charge >= 0.3 is 0 Å². The summed E-state index contributed by atoms with van der Waals surface area (Å²) >= 11 is 5.88. The molecule has 3 rings (SSSR count). The molecule has 0 aliphatic heterocycles. The second kappa shape index (κ2) is 8.14. The number of ether oxygens (including phenoxy) is 1. The Hall–Kier alpha value is -2.37. The van der Waals surface area contributed by atoms with Gasteiger partial charge < -0.3 is 4.74 Å². The van der Waals surface area contributed by atoms with Crippen molar-refractivity contribution in [1.29, 1.82) is 0 Å². The van der Waals surface area contributed by atoms with Crippen LogP contribution in [-0.4, -0.2) is 39.9 Å². The molecule has 1 unspecified atom stereocenters. The fourth-order valence-electron chi connectivity index (χ4n) is 2.53. The Labute approximate surface area is 152 Å². The van der Waals surface area contributed by atoms with Crippen molar-refractivity contribution in [3.63, 3.8) is 0 Å². The van der Waals surface area contributed by atoms with Crippen LogP contribution in [0.15, 0.2) is 61.2 Å². The minimum absolute atomic E-state index is 0.290. The van der Waals surface area contributed by atoms with Crippen molar-refractivity contribution in [2.75, 3.05) is 20.2 Å². The monoisotopic (exact) mass is 356 g/mol. The Morgan fingerprint density at radius 2 is 1.84 bits per heavy atom. The average molecular weight is 357 g/mol. The summed E-state index contributed by atoms with van der Waals surface area (Å²) < 4.78 is 7.52. The number of likely N-dealkylation sites (N-methyl/N-ethyl adjacent to an activating group) is 1. The summed E-state index contributed by atoms with van der Waals surface area (Å²) in [5.41, 5.74) is 2.25. The lowest BCUT2D eigenvalue weighted by Gasteiger charge is -2.25. The molecule has 0 fully saturated rings. The number of hydrogen-bond acceptors (Lipinski definition) is 4. The lowest BCUT2D eigenvalue weighted by Crippen LogP contribution is -2.27. The third-order valence-corrected chi connectivity index (χ3v) is 4.50. The van der Waals surface area contributed by atoms with E-state index in [1.807, 2.05) is 24.3 Å². The van der Waals surface area contributed by atoms with E-state index in [4.69, 9.17) is 16.3 Å². The molecule has 130 valence electrons.